The van der Waals surface area contributed by atoms with E-state index in [9.17, 15) is 34.3 Å². The minimum absolute atomic E-state index is 0.0746. The molecule has 0 aromatic rings. The summed E-state index contributed by atoms with van der Waals surface area (Å²) in [6, 6.07) is -1.78. The first-order chi connectivity index (χ1) is 7.35. The van der Waals surface area contributed by atoms with Crippen LogP contribution in [0.5, 0.6) is 0 Å². The molecule has 11 heteroatoms. The van der Waals surface area contributed by atoms with E-state index in [2.05, 4.69) is 9.47 Å². The summed E-state index contributed by atoms with van der Waals surface area (Å²) in [6.45, 7) is 0.134. The van der Waals surface area contributed by atoms with Gasteiger partial charge in [-0.3, -0.25) is 0 Å². The van der Waals surface area contributed by atoms with E-state index in [4.69, 9.17) is 0 Å². The van der Waals surface area contributed by atoms with Crippen LogP contribution in [0.3, 0.4) is 0 Å². The van der Waals surface area contributed by atoms with E-state index >= 15 is 0 Å². The van der Waals surface area contributed by atoms with Crippen LogP contribution in [-0.4, -0.2) is 25.4 Å². The maximum Gasteiger partial charge on any atom is 0.444 e. The third-order valence-electron chi connectivity index (χ3n) is 1.91. The monoisotopic (exact) mass is 286 g/mol. The zero-order valence-corrected chi connectivity index (χ0v) is 8.70. The SMILES string of the molecule is CC1(C(F)(F)C(F)(F)S(=O)(=O)F)OC=C(F)O1. The van der Waals surface area contributed by atoms with E-state index in [1.807, 2.05) is 0 Å². The fourth-order valence-corrected chi connectivity index (χ4v) is 1.44. The van der Waals surface area contributed by atoms with Crippen molar-refractivity contribution in [1.82, 2.24) is 0 Å². The fourth-order valence-electron chi connectivity index (χ4n) is 0.948. The first-order valence-electron chi connectivity index (χ1n) is 3.77. The number of hydrogen-bond acceptors (Lipinski definition) is 4. The minimum atomic E-state index is -6.94. The molecule has 1 heterocycles. The van der Waals surface area contributed by atoms with Crippen LogP contribution in [0.2, 0.25) is 0 Å². The predicted molar refractivity (Wildman–Crippen MR) is 39.7 cm³/mol. The molecule has 0 fully saturated rings. The van der Waals surface area contributed by atoms with Crippen molar-refractivity contribution in [2.75, 3.05) is 0 Å². The van der Waals surface area contributed by atoms with Gasteiger partial charge in [-0.05, 0) is 0 Å². The predicted octanol–water partition coefficient (Wildman–Crippen LogP) is 2.05. The van der Waals surface area contributed by atoms with E-state index in [1.54, 1.807) is 0 Å². The van der Waals surface area contributed by atoms with Gasteiger partial charge in [0.05, 0.1) is 0 Å². The molecule has 0 aromatic heterocycles. The van der Waals surface area contributed by atoms with Gasteiger partial charge in [0, 0.05) is 6.92 Å². The topological polar surface area (TPSA) is 52.6 Å². The van der Waals surface area contributed by atoms with Crippen molar-refractivity contribution in [2.45, 2.75) is 23.9 Å². The van der Waals surface area contributed by atoms with Gasteiger partial charge in [-0.2, -0.15) is 30.4 Å². The number of rotatable bonds is 3. The van der Waals surface area contributed by atoms with Gasteiger partial charge in [0.25, 0.3) is 0 Å². The molecule has 1 aliphatic heterocycles. The Morgan fingerprint density at radius 3 is 2.06 bits per heavy atom. The summed E-state index contributed by atoms with van der Waals surface area (Å²) in [5.41, 5.74) is 0. The lowest BCUT2D eigenvalue weighted by molar-refractivity contribution is -0.327. The smallest absolute Gasteiger partial charge is 0.444 e. The molecule has 1 aliphatic rings. The van der Waals surface area contributed by atoms with Crippen molar-refractivity contribution in [1.29, 1.82) is 0 Å². The molecule has 0 N–H and O–H groups in total. The summed E-state index contributed by atoms with van der Waals surface area (Å²) in [5.74, 6) is -9.32. The molecular formula is C6H4F6O4S. The molecule has 1 rings (SSSR count). The molecule has 0 radical (unpaired) electrons. The van der Waals surface area contributed by atoms with Crippen LogP contribution in [-0.2, 0) is 19.7 Å². The fraction of sp³-hybridized carbons (Fsp3) is 0.667. The Labute approximate surface area is 91.0 Å². The molecule has 0 aliphatic carbocycles. The third-order valence-corrected chi connectivity index (χ3v) is 2.78. The molecule has 0 saturated heterocycles. The molecule has 0 amide bonds. The van der Waals surface area contributed by atoms with Crippen LogP contribution < -0.4 is 0 Å². The van der Waals surface area contributed by atoms with Crippen molar-refractivity contribution < 1.29 is 43.7 Å². The van der Waals surface area contributed by atoms with Crippen molar-refractivity contribution in [3.8, 4) is 0 Å². The lowest BCUT2D eigenvalue weighted by Gasteiger charge is -2.34. The zero-order valence-electron chi connectivity index (χ0n) is 7.89. The van der Waals surface area contributed by atoms with Gasteiger partial charge in [0.2, 0.25) is 0 Å². The number of halogens is 6. The first kappa shape index (κ1) is 13.9. The molecule has 0 aromatic carbocycles. The van der Waals surface area contributed by atoms with Crippen molar-refractivity contribution in [3.05, 3.63) is 12.3 Å². The highest BCUT2D eigenvalue weighted by molar-refractivity contribution is 7.87. The van der Waals surface area contributed by atoms with Crippen LogP contribution in [0.25, 0.3) is 0 Å². The molecule has 4 nitrogen and oxygen atoms in total. The standard InChI is InChI=1S/C6H4F6O4S/c1-4(15-2-3(7)16-4)5(8,9)6(10,11)17(12,13)14/h2H,1H3. The molecule has 0 saturated carbocycles. The zero-order chi connectivity index (χ0) is 13.7. The first-order valence-corrected chi connectivity index (χ1v) is 5.16. The second-order valence-electron chi connectivity index (χ2n) is 3.12. The normalized spacial score (nSPS) is 26.2. The Balaban J connectivity index is 3.21. The third kappa shape index (κ3) is 1.81. The Morgan fingerprint density at radius 1 is 1.29 bits per heavy atom. The summed E-state index contributed by atoms with van der Waals surface area (Å²) < 4.78 is 103. The maximum absolute atomic E-state index is 13.1. The van der Waals surface area contributed by atoms with E-state index < -0.39 is 33.2 Å². The highest BCUT2D eigenvalue weighted by Gasteiger charge is 2.78. The van der Waals surface area contributed by atoms with Crippen LogP contribution in [0.15, 0.2) is 12.3 Å². The van der Waals surface area contributed by atoms with Crippen molar-refractivity contribution in [3.63, 3.8) is 0 Å². The van der Waals surface area contributed by atoms with Crippen LogP contribution in [0, 0.1) is 0 Å². The molecule has 0 spiro atoms. The van der Waals surface area contributed by atoms with Gasteiger partial charge in [0.1, 0.15) is 0 Å². The minimum Gasteiger partial charge on any atom is -0.448 e. The van der Waals surface area contributed by atoms with E-state index in [0.717, 1.165) is 0 Å². The van der Waals surface area contributed by atoms with Gasteiger partial charge < -0.3 is 9.47 Å². The van der Waals surface area contributed by atoms with Crippen LogP contribution in [0.4, 0.5) is 25.8 Å². The Morgan fingerprint density at radius 2 is 1.76 bits per heavy atom. The summed E-state index contributed by atoms with van der Waals surface area (Å²) in [4.78, 5) is 0. The Hall–Kier alpha value is -1.13. The molecule has 100 valence electrons. The second-order valence-corrected chi connectivity index (χ2v) is 4.51. The van der Waals surface area contributed by atoms with Gasteiger partial charge >= 0.3 is 33.2 Å². The summed E-state index contributed by atoms with van der Waals surface area (Å²) in [6.07, 6.45) is -0.0746. The molecular weight excluding hydrogens is 282 g/mol. The Bertz CT molecular complexity index is 457. The summed E-state index contributed by atoms with van der Waals surface area (Å²) in [5, 5.41) is -6.13. The van der Waals surface area contributed by atoms with E-state index in [-0.39, 0.29) is 13.2 Å². The highest BCUT2D eigenvalue weighted by Crippen LogP contribution is 2.50. The largest absolute Gasteiger partial charge is 0.448 e. The second kappa shape index (κ2) is 3.43. The van der Waals surface area contributed by atoms with Gasteiger partial charge in [-0.25, -0.2) is 0 Å². The van der Waals surface area contributed by atoms with E-state index in [1.165, 1.54) is 0 Å². The lowest BCUT2D eigenvalue weighted by atomic mass is 10.1. The number of ether oxygens (including phenoxy) is 2. The highest BCUT2D eigenvalue weighted by atomic mass is 32.3. The maximum atomic E-state index is 13.1. The van der Waals surface area contributed by atoms with Crippen molar-refractivity contribution >= 4 is 10.2 Å². The quantitative estimate of drug-likeness (QED) is 0.588. The average Bonchev–Trinajstić information content (AvgIpc) is 2.45. The molecule has 17 heavy (non-hydrogen) atoms. The molecule has 1 atom stereocenters. The number of hydrogen-bond donors (Lipinski definition) is 0. The molecule has 1 unspecified atom stereocenters. The summed E-state index contributed by atoms with van der Waals surface area (Å²) >= 11 is 0. The average molecular weight is 286 g/mol. The van der Waals surface area contributed by atoms with Crippen LogP contribution in [0.1, 0.15) is 6.92 Å². The lowest BCUT2D eigenvalue weighted by Crippen LogP contribution is -2.60. The van der Waals surface area contributed by atoms with Crippen LogP contribution >= 0.6 is 0 Å². The summed E-state index contributed by atoms with van der Waals surface area (Å²) in [7, 11) is -6.94. The van der Waals surface area contributed by atoms with Gasteiger partial charge in [-0.1, -0.05) is 3.89 Å². The Kier molecular flexibility index (Phi) is 2.81. The van der Waals surface area contributed by atoms with Gasteiger partial charge in [-0.15, -0.1) is 0 Å². The molecule has 0 bridgehead atoms. The van der Waals surface area contributed by atoms with Crippen molar-refractivity contribution in [2.24, 2.45) is 0 Å². The van der Waals surface area contributed by atoms with E-state index in [0.29, 0.717) is 0 Å². The number of alkyl halides is 4. The van der Waals surface area contributed by atoms with Gasteiger partial charge in [0.15, 0.2) is 6.26 Å².